The summed E-state index contributed by atoms with van der Waals surface area (Å²) in [6.45, 7) is 1.69. The molecule has 0 aliphatic rings. The summed E-state index contributed by atoms with van der Waals surface area (Å²) in [5, 5.41) is 25.6. The molecule has 10 heteroatoms. The summed E-state index contributed by atoms with van der Waals surface area (Å²) in [6.07, 6.45) is 0.0618. The molecule has 0 bridgehead atoms. The van der Waals surface area contributed by atoms with Crippen molar-refractivity contribution in [1.29, 1.82) is 0 Å². The van der Waals surface area contributed by atoms with Gasteiger partial charge in [0, 0.05) is 6.42 Å². The SMILES string of the molecule is Cc1onc(OCc2nn[nH]n2)c1CC(N)C(=O)O. The fourth-order valence-corrected chi connectivity index (χ4v) is 1.40. The van der Waals surface area contributed by atoms with Crippen molar-refractivity contribution in [2.45, 2.75) is 26.0 Å². The number of aliphatic carboxylic acids is 1. The minimum atomic E-state index is -1.11. The van der Waals surface area contributed by atoms with Crippen LogP contribution in [0.25, 0.3) is 0 Å². The Morgan fingerprint density at radius 2 is 2.42 bits per heavy atom. The van der Waals surface area contributed by atoms with Crippen molar-refractivity contribution in [3.8, 4) is 5.88 Å². The zero-order chi connectivity index (χ0) is 13.8. The summed E-state index contributed by atoms with van der Waals surface area (Å²) in [5.41, 5.74) is 5.98. The van der Waals surface area contributed by atoms with Crippen LogP contribution in [0, 0.1) is 6.92 Å². The normalized spacial score (nSPS) is 12.3. The van der Waals surface area contributed by atoms with Gasteiger partial charge in [0.05, 0.1) is 5.56 Å². The van der Waals surface area contributed by atoms with E-state index in [1.54, 1.807) is 6.92 Å². The number of aromatic nitrogens is 5. The fraction of sp³-hybridized carbons (Fsp3) is 0.444. The van der Waals surface area contributed by atoms with Gasteiger partial charge in [-0.25, -0.2) is 0 Å². The van der Waals surface area contributed by atoms with Crippen LogP contribution in [-0.4, -0.2) is 42.9 Å². The third-order valence-electron chi connectivity index (χ3n) is 2.42. The first-order chi connectivity index (χ1) is 9.08. The second kappa shape index (κ2) is 5.44. The van der Waals surface area contributed by atoms with Crippen LogP contribution in [0.1, 0.15) is 17.1 Å². The van der Waals surface area contributed by atoms with E-state index in [-0.39, 0.29) is 18.9 Å². The van der Waals surface area contributed by atoms with Gasteiger partial charge in [-0.1, -0.05) is 5.21 Å². The Bertz CT molecular complexity index is 551. The molecule has 102 valence electrons. The molecule has 0 radical (unpaired) electrons. The third-order valence-corrected chi connectivity index (χ3v) is 2.42. The quantitative estimate of drug-likeness (QED) is 0.600. The Balaban J connectivity index is 2.06. The predicted molar refractivity (Wildman–Crippen MR) is 59.1 cm³/mol. The summed E-state index contributed by atoms with van der Waals surface area (Å²) in [5.74, 6) is -0.127. The van der Waals surface area contributed by atoms with Crippen molar-refractivity contribution in [2.24, 2.45) is 5.73 Å². The lowest BCUT2D eigenvalue weighted by molar-refractivity contribution is -0.138. The van der Waals surface area contributed by atoms with E-state index >= 15 is 0 Å². The number of nitrogens with zero attached hydrogens (tertiary/aromatic N) is 4. The largest absolute Gasteiger partial charge is 0.480 e. The van der Waals surface area contributed by atoms with E-state index in [1.165, 1.54) is 0 Å². The molecule has 2 aromatic heterocycles. The maximum Gasteiger partial charge on any atom is 0.320 e. The van der Waals surface area contributed by atoms with Gasteiger partial charge in [-0.2, -0.15) is 5.21 Å². The Labute approximate surface area is 106 Å². The number of H-pyrrole nitrogens is 1. The Hall–Kier alpha value is -2.49. The number of hydrogen-bond donors (Lipinski definition) is 3. The van der Waals surface area contributed by atoms with Crippen LogP contribution in [0.15, 0.2) is 4.52 Å². The van der Waals surface area contributed by atoms with Gasteiger partial charge < -0.3 is 20.1 Å². The standard InChI is InChI=1S/C9H12N6O4/c1-4-5(2-6(10)9(16)17)8(13-19-4)18-3-7-11-14-15-12-7/h6H,2-3,10H2,1H3,(H,16,17)(H,11,12,14,15). The first kappa shape index (κ1) is 13.0. The average Bonchev–Trinajstić information content (AvgIpc) is 2.99. The van der Waals surface area contributed by atoms with Gasteiger partial charge in [0.25, 0.3) is 5.88 Å². The maximum absolute atomic E-state index is 10.7. The van der Waals surface area contributed by atoms with E-state index in [9.17, 15) is 4.79 Å². The molecule has 0 aliphatic heterocycles. The molecular formula is C9H12N6O4. The molecule has 0 amide bonds. The molecule has 0 spiro atoms. The number of ether oxygens (including phenoxy) is 1. The van der Waals surface area contributed by atoms with E-state index in [0.29, 0.717) is 17.1 Å². The van der Waals surface area contributed by atoms with Crippen LogP contribution in [0.4, 0.5) is 0 Å². The third kappa shape index (κ3) is 3.04. The lowest BCUT2D eigenvalue weighted by atomic mass is 10.1. The summed E-state index contributed by atoms with van der Waals surface area (Å²) < 4.78 is 10.3. The van der Waals surface area contributed by atoms with E-state index in [0.717, 1.165) is 0 Å². The van der Waals surface area contributed by atoms with Crippen molar-refractivity contribution in [3.63, 3.8) is 0 Å². The van der Waals surface area contributed by atoms with Crippen LogP contribution in [-0.2, 0) is 17.8 Å². The molecule has 0 aromatic carbocycles. The maximum atomic E-state index is 10.7. The topological polar surface area (TPSA) is 153 Å². The summed E-state index contributed by atoms with van der Waals surface area (Å²) in [7, 11) is 0. The van der Waals surface area contributed by atoms with Gasteiger partial charge in [0.2, 0.25) is 5.82 Å². The zero-order valence-corrected chi connectivity index (χ0v) is 10.0. The Morgan fingerprint density at radius 1 is 1.63 bits per heavy atom. The number of carboxylic acids is 1. The number of nitrogens with two attached hydrogens (primary N) is 1. The number of nitrogens with one attached hydrogen (secondary N) is 1. The van der Waals surface area contributed by atoms with Crippen molar-refractivity contribution in [1.82, 2.24) is 25.8 Å². The molecule has 19 heavy (non-hydrogen) atoms. The summed E-state index contributed by atoms with van der Waals surface area (Å²) in [6, 6.07) is -1.05. The van der Waals surface area contributed by atoms with Crippen molar-refractivity contribution >= 4 is 5.97 Å². The number of aryl methyl sites for hydroxylation is 1. The molecule has 0 saturated carbocycles. The average molecular weight is 268 g/mol. The highest BCUT2D eigenvalue weighted by molar-refractivity contribution is 5.73. The number of rotatable bonds is 6. The molecule has 2 heterocycles. The van der Waals surface area contributed by atoms with Crippen LogP contribution in [0.5, 0.6) is 5.88 Å². The highest BCUT2D eigenvalue weighted by atomic mass is 16.5. The molecule has 1 unspecified atom stereocenters. The minimum absolute atomic E-state index is 0.0395. The van der Waals surface area contributed by atoms with Crippen molar-refractivity contribution < 1.29 is 19.2 Å². The van der Waals surface area contributed by atoms with E-state index in [2.05, 4.69) is 25.8 Å². The molecule has 0 aliphatic carbocycles. The highest BCUT2D eigenvalue weighted by Crippen LogP contribution is 2.22. The molecule has 1 atom stereocenters. The van der Waals surface area contributed by atoms with Crippen LogP contribution in [0.2, 0.25) is 0 Å². The molecule has 2 rings (SSSR count). The lowest BCUT2D eigenvalue weighted by Gasteiger charge is -2.06. The monoisotopic (exact) mass is 268 g/mol. The van der Waals surface area contributed by atoms with Gasteiger partial charge in [-0.15, -0.1) is 10.2 Å². The predicted octanol–water partition coefficient (Wildman–Crippen LogP) is -0.970. The molecule has 0 fully saturated rings. The summed E-state index contributed by atoms with van der Waals surface area (Å²) in [4.78, 5) is 10.7. The van der Waals surface area contributed by atoms with Crippen LogP contribution in [0.3, 0.4) is 0 Å². The van der Waals surface area contributed by atoms with E-state index in [4.69, 9.17) is 20.1 Å². The van der Waals surface area contributed by atoms with Crippen molar-refractivity contribution in [2.75, 3.05) is 0 Å². The van der Waals surface area contributed by atoms with Crippen LogP contribution < -0.4 is 10.5 Å². The zero-order valence-electron chi connectivity index (χ0n) is 10.0. The number of carboxylic acid groups (broad SMARTS) is 1. The summed E-state index contributed by atoms with van der Waals surface area (Å²) >= 11 is 0. The number of tetrazole rings is 1. The first-order valence-corrected chi connectivity index (χ1v) is 5.36. The highest BCUT2D eigenvalue weighted by Gasteiger charge is 2.21. The fourth-order valence-electron chi connectivity index (χ4n) is 1.40. The molecule has 2 aromatic rings. The van der Waals surface area contributed by atoms with E-state index < -0.39 is 12.0 Å². The molecule has 0 saturated heterocycles. The van der Waals surface area contributed by atoms with Gasteiger partial charge in [-0.3, -0.25) is 4.79 Å². The second-order valence-corrected chi connectivity index (χ2v) is 3.79. The molecule has 4 N–H and O–H groups in total. The van der Waals surface area contributed by atoms with Crippen LogP contribution >= 0.6 is 0 Å². The minimum Gasteiger partial charge on any atom is -0.480 e. The van der Waals surface area contributed by atoms with Crippen molar-refractivity contribution in [3.05, 3.63) is 17.1 Å². The van der Waals surface area contributed by atoms with Gasteiger partial charge in [-0.05, 0) is 12.1 Å². The Kier molecular flexibility index (Phi) is 3.71. The molecule has 10 nitrogen and oxygen atoms in total. The van der Waals surface area contributed by atoms with Gasteiger partial charge in [0.1, 0.15) is 11.8 Å². The first-order valence-electron chi connectivity index (χ1n) is 5.36. The van der Waals surface area contributed by atoms with Gasteiger partial charge in [0.15, 0.2) is 6.61 Å². The molecular weight excluding hydrogens is 256 g/mol. The second-order valence-electron chi connectivity index (χ2n) is 3.79. The van der Waals surface area contributed by atoms with E-state index in [1.807, 2.05) is 0 Å². The number of aromatic amines is 1. The number of hydrogen-bond acceptors (Lipinski definition) is 8. The number of carbonyl (C=O) groups is 1. The lowest BCUT2D eigenvalue weighted by Crippen LogP contribution is -2.32. The van der Waals surface area contributed by atoms with Gasteiger partial charge >= 0.3 is 5.97 Å². The smallest absolute Gasteiger partial charge is 0.320 e. The Morgan fingerprint density at radius 3 is 3.05 bits per heavy atom.